The summed E-state index contributed by atoms with van der Waals surface area (Å²) in [6.07, 6.45) is 5.24. The number of aromatic nitrogens is 3. The largest absolute Gasteiger partial charge is 0.510 e. The van der Waals surface area contributed by atoms with Crippen LogP contribution in [0.3, 0.4) is 0 Å². The van der Waals surface area contributed by atoms with E-state index in [1.165, 1.54) is 0 Å². The fraction of sp³-hybridized carbons (Fsp3) is 0. The van der Waals surface area contributed by atoms with Crippen LogP contribution in [0.15, 0.2) is 194 Å². The van der Waals surface area contributed by atoms with Crippen molar-refractivity contribution in [2.75, 3.05) is 0 Å². The van der Waals surface area contributed by atoms with Crippen molar-refractivity contribution in [2.45, 2.75) is 0 Å². The number of imidazole rings is 1. The summed E-state index contributed by atoms with van der Waals surface area (Å²) in [6.45, 7) is -0.206. The van der Waals surface area contributed by atoms with Crippen molar-refractivity contribution in [3.8, 4) is 56.3 Å². The first-order valence-corrected chi connectivity index (χ1v) is 18.4. The molecule has 1 aliphatic heterocycles. The molecule has 0 atom stereocenters. The zero-order valence-electron chi connectivity index (χ0n) is 40.3. The van der Waals surface area contributed by atoms with Gasteiger partial charge in [0.1, 0.15) is 0 Å². The molecule has 0 spiro atoms. The molecule has 3 heterocycles. The molecule has 0 unspecified atom stereocenters. The van der Waals surface area contributed by atoms with E-state index >= 15 is 0 Å². The van der Waals surface area contributed by atoms with Crippen LogP contribution in [0.2, 0.25) is 0 Å². The fourth-order valence-electron chi connectivity index (χ4n) is 7.96. The third-order valence-electron chi connectivity index (χ3n) is 10.3. The van der Waals surface area contributed by atoms with Crippen LogP contribution in [0, 0.1) is 18.5 Å². The number of nitrogens with zero attached hydrogens (tertiary/aromatic N) is 3. The number of hydrogen-bond acceptors (Lipinski definition) is 2. The van der Waals surface area contributed by atoms with Gasteiger partial charge in [-0.15, -0.1) is 24.3 Å². The summed E-state index contributed by atoms with van der Waals surface area (Å²) in [6, 6.07) is 41.7. The first kappa shape index (κ1) is 26.2. The molecular weight excluding hydrogens is 888 g/mol. The van der Waals surface area contributed by atoms with Gasteiger partial charge in [-0.3, -0.25) is 9.55 Å². The standard InChI is InChI=1S/C52H32BN3O.Pt/c1-3-15-36(16-4-1)43-25-14-26-44(37-17-5-2-6-18-37)51(43)56-35-55(48-29-9-10-30-49(48)56)40-21-13-23-42(34-40)57-41-22-12-20-39(33-41)53-47-28-8-7-24-45(47)46-27-11-19-38-31-32-54-52(53)50(38)46;/h1-32H;/q-2;/i1D,2D,3D,4D,5D,6D,15D,16D,17D,18D;. The molecule has 0 radical (unpaired) electrons. The number of pyridine rings is 1. The molecule has 0 bridgehead atoms. The van der Waals surface area contributed by atoms with Gasteiger partial charge in [0.2, 0.25) is 6.71 Å². The van der Waals surface area contributed by atoms with E-state index in [1.54, 1.807) is 39.5 Å². The summed E-state index contributed by atoms with van der Waals surface area (Å²) >= 11 is 0. The van der Waals surface area contributed by atoms with Crippen LogP contribution in [0.25, 0.3) is 66.6 Å². The summed E-state index contributed by atoms with van der Waals surface area (Å²) in [5.74, 6) is 0.833. The van der Waals surface area contributed by atoms with Crippen molar-refractivity contribution in [1.82, 2.24) is 9.55 Å². The van der Waals surface area contributed by atoms with Gasteiger partial charge in [-0.1, -0.05) is 151 Å². The SMILES string of the molecule is [2H]c1c([2H])c([2H])c(-c2cccc(-c3c([2H])c([2H])c([2H])c([2H])c3[2H])c2-[n+]2[c-]n(-c3[c-]c(Oc4[c-]c(B5c6ccccc6-c6cccc7ccnc5c67)ccc4)ccc3)c3ccccc32)c([2H])c1[2H].[Pt]. The van der Waals surface area contributed by atoms with E-state index in [2.05, 4.69) is 48.8 Å². The van der Waals surface area contributed by atoms with E-state index in [-0.39, 0.29) is 55.7 Å². The molecular formula is C52H32BN3OPt-2. The third-order valence-corrected chi connectivity index (χ3v) is 10.3. The average molecular weight is 931 g/mol. The summed E-state index contributed by atoms with van der Waals surface area (Å²) in [7, 11) is 0. The molecule has 0 aliphatic carbocycles. The van der Waals surface area contributed by atoms with E-state index in [0.29, 0.717) is 28.2 Å². The predicted molar refractivity (Wildman–Crippen MR) is 231 cm³/mol. The molecule has 10 aromatic rings. The predicted octanol–water partition coefficient (Wildman–Crippen LogP) is 9.48. The topological polar surface area (TPSA) is 30.9 Å². The Bertz CT molecular complexity index is 3580. The monoisotopic (exact) mass is 930 g/mol. The molecule has 276 valence electrons. The average Bonchev–Trinajstić information content (AvgIpc) is 3.74. The number of fused-ring (bicyclic) bond motifs is 3. The number of ether oxygens (including phenoxy) is 1. The zero-order chi connectivity index (χ0) is 46.4. The molecule has 11 rings (SSSR count). The van der Waals surface area contributed by atoms with Gasteiger partial charge in [0, 0.05) is 49.7 Å². The Morgan fingerprint density at radius 3 is 2.03 bits per heavy atom. The Balaban J connectivity index is 0.00000539. The van der Waals surface area contributed by atoms with E-state index in [1.807, 2.05) is 72.9 Å². The van der Waals surface area contributed by atoms with Crippen molar-refractivity contribution in [1.29, 1.82) is 0 Å². The molecule has 0 fully saturated rings. The van der Waals surface area contributed by atoms with Gasteiger partial charge in [0.15, 0.2) is 0 Å². The maximum atomic E-state index is 8.98. The van der Waals surface area contributed by atoms with Crippen LogP contribution in [-0.4, -0.2) is 16.3 Å². The maximum Gasteiger partial charge on any atom is 0.268 e. The second kappa shape index (κ2) is 14.9. The Hall–Kier alpha value is -6.81. The first-order chi connectivity index (χ1) is 32.4. The Morgan fingerprint density at radius 2 is 1.24 bits per heavy atom. The van der Waals surface area contributed by atoms with Crippen LogP contribution >= 0.6 is 0 Å². The summed E-state index contributed by atoms with van der Waals surface area (Å²) in [5, 5.41) is 2.22. The molecule has 2 aromatic heterocycles. The minimum atomic E-state index is -0.570. The van der Waals surface area contributed by atoms with Crippen LogP contribution < -0.4 is 25.8 Å². The summed E-state index contributed by atoms with van der Waals surface area (Å²) < 4.78 is 96.6. The van der Waals surface area contributed by atoms with Gasteiger partial charge in [-0.25, -0.2) is 0 Å². The van der Waals surface area contributed by atoms with Gasteiger partial charge in [0.25, 0.3) is 6.33 Å². The fourth-order valence-corrected chi connectivity index (χ4v) is 7.96. The molecule has 8 aromatic carbocycles. The molecule has 0 N–H and O–H groups in total. The van der Waals surface area contributed by atoms with Gasteiger partial charge >= 0.3 is 0 Å². The Labute approximate surface area is 366 Å². The molecule has 58 heavy (non-hydrogen) atoms. The Kier molecular flexibility index (Phi) is 6.74. The number of hydrogen-bond donors (Lipinski definition) is 0. The normalized spacial score (nSPS) is 14.0. The van der Waals surface area contributed by atoms with Gasteiger partial charge in [-0.2, -0.15) is 29.7 Å². The number of benzene rings is 8. The smallest absolute Gasteiger partial charge is 0.268 e. The van der Waals surface area contributed by atoms with Crippen molar-refractivity contribution in [3.05, 3.63) is 212 Å². The number of rotatable bonds is 7. The van der Waals surface area contributed by atoms with Crippen molar-refractivity contribution in [2.24, 2.45) is 0 Å². The second-order valence-corrected chi connectivity index (χ2v) is 13.6. The van der Waals surface area contributed by atoms with Crippen molar-refractivity contribution in [3.63, 3.8) is 0 Å². The summed E-state index contributed by atoms with van der Waals surface area (Å²) in [4.78, 5) is 4.93. The van der Waals surface area contributed by atoms with Crippen molar-refractivity contribution >= 4 is 45.0 Å². The zero-order valence-corrected chi connectivity index (χ0v) is 32.6. The first-order valence-electron chi connectivity index (χ1n) is 23.4. The molecule has 0 saturated heterocycles. The van der Waals surface area contributed by atoms with Crippen LogP contribution in [0.1, 0.15) is 13.7 Å². The molecule has 0 saturated carbocycles. The van der Waals surface area contributed by atoms with E-state index in [0.717, 1.165) is 38.4 Å². The van der Waals surface area contributed by atoms with Crippen LogP contribution in [0.4, 0.5) is 0 Å². The van der Waals surface area contributed by atoms with Gasteiger partial charge in [-0.05, 0) is 50.5 Å². The molecule has 4 nitrogen and oxygen atoms in total. The molecule has 0 amide bonds. The van der Waals surface area contributed by atoms with Crippen LogP contribution in [0.5, 0.6) is 11.5 Å². The molecule has 1 aliphatic rings. The quantitative estimate of drug-likeness (QED) is 0.0907. The van der Waals surface area contributed by atoms with E-state index in [9.17, 15) is 0 Å². The minimum absolute atomic E-state index is 0. The molecule has 6 heteroatoms. The summed E-state index contributed by atoms with van der Waals surface area (Å²) in [5.41, 5.74) is 7.09. The third kappa shape index (κ3) is 6.07. The van der Waals surface area contributed by atoms with Gasteiger partial charge < -0.3 is 9.30 Å². The van der Waals surface area contributed by atoms with Crippen molar-refractivity contribution < 1.29 is 44.1 Å². The Morgan fingerprint density at radius 1 is 0.603 bits per heavy atom. The van der Waals surface area contributed by atoms with Crippen LogP contribution in [-0.2, 0) is 21.1 Å². The number of para-hydroxylation sites is 3. The van der Waals surface area contributed by atoms with E-state index in [4.69, 9.17) is 23.4 Å². The second-order valence-electron chi connectivity index (χ2n) is 13.6. The van der Waals surface area contributed by atoms with Gasteiger partial charge in [0.05, 0.1) is 30.4 Å². The van der Waals surface area contributed by atoms with E-state index < -0.39 is 60.4 Å². The maximum absolute atomic E-state index is 8.98. The minimum Gasteiger partial charge on any atom is -0.510 e.